The lowest BCUT2D eigenvalue weighted by Crippen LogP contribution is -2.45. The normalized spacial score (nSPS) is 20.6. The van der Waals surface area contributed by atoms with Crippen LogP contribution in [0.4, 0.5) is 0 Å². The number of aromatic amines is 1. The smallest absolute Gasteiger partial charge is 0.274 e. The molecule has 1 aromatic heterocycles. The highest BCUT2D eigenvalue weighted by Crippen LogP contribution is 2.31. The molecule has 41 heavy (non-hydrogen) atoms. The van der Waals surface area contributed by atoms with E-state index in [2.05, 4.69) is 20.6 Å². The number of fused-ring (bicyclic) bond motifs is 7. The fraction of sp³-hybridized carbons (Fsp3) is 0.345. The van der Waals surface area contributed by atoms with Gasteiger partial charge in [0.2, 0.25) is 0 Å². The number of rotatable bonds is 4. The summed E-state index contributed by atoms with van der Waals surface area (Å²) < 4.78 is 17.9. The van der Waals surface area contributed by atoms with E-state index in [1.165, 1.54) is 11.1 Å². The summed E-state index contributed by atoms with van der Waals surface area (Å²) in [5.74, 6) is 0.730. The van der Waals surface area contributed by atoms with Crippen LogP contribution in [-0.4, -0.2) is 71.0 Å². The van der Waals surface area contributed by atoms with Crippen molar-refractivity contribution in [2.24, 2.45) is 5.92 Å². The lowest BCUT2D eigenvalue weighted by molar-refractivity contribution is -0.123. The molecular formula is C29H29N5O7. The largest absolute Gasteiger partial charge is 0.493 e. The molecular weight excluding hydrogens is 530 g/mol. The van der Waals surface area contributed by atoms with Gasteiger partial charge in [-0.1, -0.05) is 12.1 Å². The maximum absolute atomic E-state index is 13.5. The highest BCUT2D eigenvalue weighted by Gasteiger charge is 2.39. The average Bonchev–Trinajstić information content (AvgIpc) is 3.74. The van der Waals surface area contributed by atoms with Gasteiger partial charge >= 0.3 is 0 Å². The number of carbonyl (C=O) groups excluding carboxylic acids is 3. The van der Waals surface area contributed by atoms with Crippen molar-refractivity contribution < 1.29 is 28.6 Å². The van der Waals surface area contributed by atoms with Crippen LogP contribution in [0, 0.1) is 5.92 Å². The van der Waals surface area contributed by atoms with Gasteiger partial charge in [-0.25, -0.2) is 4.98 Å². The lowest BCUT2D eigenvalue weighted by atomic mass is 10.1. The fourth-order valence-electron chi connectivity index (χ4n) is 4.70. The summed E-state index contributed by atoms with van der Waals surface area (Å²) in [4.78, 5) is 58.5. The number of hydrogen-bond donors (Lipinski definition) is 3. The Morgan fingerprint density at radius 1 is 1.05 bits per heavy atom. The number of nitrogens with zero attached hydrogens (tertiary/aromatic N) is 2. The van der Waals surface area contributed by atoms with Gasteiger partial charge in [0, 0.05) is 30.9 Å². The van der Waals surface area contributed by atoms with Crippen LogP contribution in [0.25, 0.3) is 0 Å². The van der Waals surface area contributed by atoms with Crippen molar-refractivity contribution in [2.45, 2.75) is 31.5 Å². The zero-order chi connectivity index (χ0) is 28.3. The van der Waals surface area contributed by atoms with Crippen molar-refractivity contribution in [2.75, 3.05) is 26.3 Å². The standard InChI is InChI=1S/C29H29N5O7/c35-26-12-30-23(11-32-26)29(38)34-13-24-25(14-34)41-20-5-3-17(4-6-20)10-31-27(36)16-40-22-8-19(28(37)33-24)7-21(9-22)39-15-18-1-2-18/h3-9,11-12,18,24-25H,1-2,10,13-16H2,(H,31,36)(H,32,35)(H,33,37)/t24-,25-/m0/s1. The molecule has 0 radical (unpaired) electrons. The monoisotopic (exact) mass is 559 g/mol. The van der Waals surface area contributed by atoms with Gasteiger partial charge in [0.05, 0.1) is 25.4 Å². The number of amides is 3. The van der Waals surface area contributed by atoms with Crippen LogP contribution in [0.1, 0.15) is 39.3 Å². The van der Waals surface area contributed by atoms with Crippen LogP contribution >= 0.6 is 0 Å². The van der Waals surface area contributed by atoms with E-state index in [1.807, 2.05) is 12.1 Å². The second-order valence-corrected chi connectivity index (χ2v) is 10.4. The van der Waals surface area contributed by atoms with Crippen LogP contribution < -0.4 is 30.4 Å². The third kappa shape index (κ3) is 6.48. The van der Waals surface area contributed by atoms with Gasteiger partial charge in [-0.05, 0) is 48.6 Å². The van der Waals surface area contributed by atoms with Crippen LogP contribution in [-0.2, 0) is 11.3 Å². The van der Waals surface area contributed by atoms with Crippen molar-refractivity contribution in [3.63, 3.8) is 0 Å². The minimum Gasteiger partial charge on any atom is -0.493 e. The Balaban J connectivity index is 1.29. The molecule has 4 aliphatic rings. The maximum Gasteiger partial charge on any atom is 0.274 e. The van der Waals surface area contributed by atoms with Crippen LogP contribution in [0.2, 0.25) is 0 Å². The number of H-pyrrole nitrogens is 1. The molecule has 7 rings (SSSR count). The molecule has 4 bridgehead atoms. The number of nitrogens with one attached hydrogen (secondary N) is 3. The summed E-state index contributed by atoms with van der Waals surface area (Å²) in [5.41, 5.74) is 0.819. The summed E-state index contributed by atoms with van der Waals surface area (Å²) >= 11 is 0. The maximum atomic E-state index is 13.5. The Labute approximate surface area is 235 Å². The average molecular weight is 560 g/mol. The van der Waals surface area contributed by atoms with E-state index < -0.39 is 29.5 Å². The topological polar surface area (TPSA) is 152 Å². The molecule has 4 heterocycles. The van der Waals surface area contributed by atoms with E-state index in [-0.39, 0.29) is 36.9 Å². The number of likely N-dealkylation sites (tertiary alicyclic amines) is 1. The first-order valence-corrected chi connectivity index (χ1v) is 13.5. The van der Waals surface area contributed by atoms with Gasteiger partial charge in [0.25, 0.3) is 23.3 Å². The molecule has 12 nitrogen and oxygen atoms in total. The first-order chi connectivity index (χ1) is 19.9. The predicted octanol–water partition coefficient (Wildman–Crippen LogP) is 1.27. The molecule has 3 aliphatic heterocycles. The quantitative estimate of drug-likeness (QED) is 0.432. The van der Waals surface area contributed by atoms with Crippen molar-refractivity contribution in [1.82, 2.24) is 25.5 Å². The Bertz CT molecular complexity index is 1500. The third-order valence-electron chi connectivity index (χ3n) is 7.16. The van der Waals surface area contributed by atoms with Gasteiger partial charge in [0.1, 0.15) is 29.0 Å². The summed E-state index contributed by atoms with van der Waals surface area (Å²) in [5, 5.41) is 5.82. The van der Waals surface area contributed by atoms with Crippen molar-refractivity contribution in [1.29, 1.82) is 0 Å². The molecule has 3 aromatic rings. The van der Waals surface area contributed by atoms with Gasteiger partial charge in [-0.2, -0.15) is 0 Å². The predicted molar refractivity (Wildman–Crippen MR) is 145 cm³/mol. The summed E-state index contributed by atoms with van der Waals surface area (Å²) in [7, 11) is 0. The second-order valence-electron chi connectivity index (χ2n) is 10.4. The molecule has 1 saturated heterocycles. The fourth-order valence-corrected chi connectivity index (χ4v) is 4.70. The molecule has 212 valence electrons. The van der Waals surface area contributed by atoms with E-state index in [4.69, 9.17) is 14.2 Å². The minimum absolute atomic E-state index is 0.0819. The Morgan fingerprint density at radius 2 is 1.88 bits per heavy atom. The summed E-state index contributed by atoms with van der Waals surface area (Å²) in [6, 6.07) is 11.5. The van der Waals surface area contributed by atoms with E-state index in [1.54, 1.807) is 30.3 Å². The van der Waals surface area contributed by atoms with E-state index in [0.717, 1.165) is 24.6 Å². The van der Waals surface area contributed by atoms with E-state index in [9.17, 15) is 19.2 Å². The Hall–Kier alpha value is -4.87. The number of hydrogen-bond acceptors (Lipinski definition) is 8. The second kappa shape index (κ2) is 11.3. The number of ether oxygens (including phenoxy) is 3. The molecule has 3 amide bonds. The van der Waals surface area contributed by atoms with Crippen LogP contribution in [0.3, 0.4) is 0 Å². The first-order valence-electron chi connectivity index (χ1n) is 13.5. The highest BCUT2D eigenvalue weighted by molar-refractivity contribution is 5.96. The number of carbonyl (C=O) groups is 3. The summed E-state index contributed by atoms with van der Waals surface area (Å²) in [6.07, 6.45) is 3.96. The molecule has 0 unspecified atom stereocenters. The van der Waals surface area contributed by atoms with Crippen LogP contribution in [0.5, 0.6) is 17.2 Å². The highest BCUT2D eigenvalue weighted by atomic mass is 16.5. The molecule has 3 N–H and O–H groups in total. The van der Waals surface area contributed by atoms with Crippen molar-refractivity contribution in [3.8, 4) is 17.2 Å². The summed E-state index contributed by atoms with van der Waals surface area (Å²) in [6.45, 7) is 0.958. The molecule has 2 fully saturated rings. The number of aromatic nitrogens is 2. The molecule has 12 heteroatoms. The molecule has 2 atom stereocenters. The van der Waals surface area contributed by atoms with Crippen molar-refractivity contribution in [3.05, 3.63) is 82.0 Å². The lowest BCUT2D eigenvalue weighted by Gasteiger charge is -2.21. The number of benzene rings is 2. The Kier molecular flexibility index (Phi) is 7.28. The van der Waals surface area contributed by atoms with Gasteiger partial charge in [0.15, 0.2) is 6.61 Å². The van der Waals surface area contributed by atoms with Gasteiger partial charge in [-0.3, -0.25) is 19.2 Å². The first kappa shape index (κ1) is 26.4. The van der Waals surface area contributed by atoms with Crippen molar-refractivity contribution >= 4 is 17.7 Å². The van der Waals surface area contributed by atoms with Crippen LogP contribution in [0.15, 0.2) is 59.7 Å². The molecule has 1 saturated carbocycles. The van der Waals surface area contributed by atoms with E-state index in [0.29, 0.717) is 36.3 Å². The van der Waals surface area contributed by atoms with Gasteiger partial charge in [-0.15, -0.1) is 0 Å². The third-order valence-corrected chi connectivity index (χ3v) is 7.16. The zero-order valence-electron chi connectivity index (χ0n) is 22.1. The molecule has 2 aromatic carbocycles. The zero-order valence-corrected chi connectivity index (χ0v) is 22.1. The van der Waals surface area contributed by atoms with Gasteiger partial charge < -0.3 is 34.7 Å². The minimum atomic E-state index is -0.572. The SMILES string of the molecule is O=C1COc2cc(OCC3CC3)cc(c2)C(=O)N[C@H]2CN(C(=O)c3c[nH]c(=O)cn3)C[C@@H]2Oc2ccc(cc2)CN1. The Morgan fingerprint density at radius 3 is 2.63 bits per heavy atom. The molecule has 1 aliphatic carbocycles. The molecule has 0 spiro atoms. The van der Waals surface area contributed by atoms with E-state index >= 15 is 0 Å².